The van der Waals surface area contributed by atoms with Crippen LogP contribution in [0.4, 0.5) is 11.4 Å². The number of anilines is 1. The van der Waals surface area contributed by atoms with Crippen LogP contribution in [-0.4, -0.2) is 31.3 Å². The van der Waals surface area contributed by atoms with Crippen LogP contribution in [0.3, 0.4) is 0 Å². The molecule has 0 saturated carbocycles. The van der Waals surface area contributed by atoms with Crippen molar-refractivity contribution in [1.82, 2.24) is 0 Å². The Bertz CT molecular complexity index is 430. The lowest BCUT2D eigenvalue weighted by molar-refractivity contribution is -0.384. The fraction of sp³-hybridized carbons (Fsp3) is 0.500. The molecule has 1 saturated heterocycles. The highest BCUT2D eigenvalue weighted by molar-refractivity contribution is 5.63. The van der Waals surface area contributed by atoms with Gasteiger partial charge in [-0.05, 0) is 25.0 Å². The lowest BCUT2D eigenvalue weighted by Gasteiger charge is -2.12. The van der Waals surface area contributed by atoms with Crippen LogP contribution in [0.25, 0.3) is 0 Å². The van der Waals surface area contributed by atoms with Crippen molar-refractivity contribution < 1.29 is 14.4 Å². The SMILES string of the molecule is COc1ccc(NCC2CCCO2)c([N+](=O)[O-])c1. The van der Waals surface area contributed by atoms with Gasteiger partial charge in [-0.1, -0.05) is 0 Å². The summed E-state index contributed by atoms with van der Waals surface area (Å²) in [4.78, 5) is 10.5. The van der Waals surface area contributed by atoms with Gasteiger partial charge in [-0.2, -0.15) is 0 Å². The average molecular weight is 252 g/mol. The van der Waals surface area contributed by atoms with Crippen molar-refractivity contribution in [2.75, 3.05) is 25.6 Å². The third-order valence-electron chi connectivity index (χ3n) is 2.95. The second kappa shape index (κ2) is 5.68. The molecule has 1 aliphatic heterocycles. The number of ether oxygens (including phenoxy) is 2. The summed E-state index contributed by atoms with van der Waals surface area (Å²) in [6.45, 7) is 1.37. The molecule has 98 valence electrons. The molecule has 1 N–H and O–H groups in total. The molecule has 6 heteroatoms. The van der Waals surface area contributed by atoms with Crippen LogP contribution in [0.5, 0.6) is 5.75 Å². The molecular formula is C12H16N2O4. The Labute approximate surface area is 105 Å². The zero-order chi connectivity index (χ0) is 13.0. The van der Waals surface area contributed by atoms with Crippen LogP contribution in [0.1, 0.15) is 12.8 Å². The van der Waals surface area contributed by atoms with Crippen molar-refractivity contribution in [2.24, 2.45) is 0 Å². The average Bonchev–Trinajstić information content (AvgIpc) is 2.89. The summed E-state index contributed by atoms with van der Waals surface area (Å²) >= 11 is 0. The highest BCUT2D eigenvalue weighted by atomic mass is 16.6. The van der Waals surface area contributed by atoms with Crippen molar-refractivity contribution in [3.05, 3.63) is 28.3 Å². The molecule has 6 nitrogen and oxygen atoms in total. The summed E-state index contributed by atoms with van der Waals surface area (Å²) in [5.74, 6) is 0.476. The molecule has 2 rings (SSSR count). The molecule has 1 fully saturated rings. The maximum atomic E-state index is 11.0. The molecule has 0 spiro atoms. The lowest BCUT2D eigenvalue weighted by Crippen LogP contribution is -2.18. The fourth-order valence-electron chi connectivity index (χ4n) is 1.97. The fourth-order valence-corrected chi connectivity index (χ4v) is 1.97. The number of nitrogens with one attached hydrogen (secondary N) is 1. The van der Waals surface area contributed by atoms with Gasteiger partial charge < -0.3 is 14.8 Å². The molecule has 0 amide bonds. The van der Waals surface area contributed by atoms with Crippen LogP contribution in [0.15, 0.2) is 18.2 Å². The van der Waals surface area contributed by atoms with E-state index in [4.69, 9.17) is 9.47 Å². The number of benzene rings is 1. The summed E-state index contributed by atoms with van der Waals surface area (Å²) in [7, 11) is 1.48. The second-order valence-corrected chi connectivity index (χ2v) is 4.16. The predicted octanol–water partition coefficient (Wildman–Crippen LogP) is 2.19. The van der Waals surface area contributed by atoms with Gasteiger partial charge in [0, 0.05) is 13.2 Å². The standard InChI is InChI=1S/C12H16N2O4/c1-17-9-4-5-11(12(7-9)14(15)16)13-8-10-3-2-6-18-10/h4-5,7,10,13H,2-3,6,8H2,1H3. The van der Waals surface area contributed by atoms with Crippen molar-refractivity contribution in [3.8, 4) is 5.75 Å². The Balaban J connectivity index is 2.08. The van der Waals surface area contributed by atoms with Gasteiger partial charge in [-0.15, -0.1) is 0 Å². The molecule has 1 aliphatic rings. The molecule has 0 aliphatic carbocycles. The van der Waals surface area contributed by atoms with Crippen molar-refractivity contribution in [2.45, 2.75) is 18.9 Å². The highest BCUT2D eigenvalue weighted by Crippen LogP contribution is 2.29. The monoisotopic (exact) mass is 252 g/mol. The third-order valence-corrected chi connectivity index (χ3v) is 2.95. The van der Waals surface area contributed by atoms with Crippen molar-refractivity contribution in [3.63, 3.8) is 0 Å². The molecule has 1 heterocycles. The van der Waals surface area contributed by atoms with Crippen LogP contribution in [-0.2, 0) is 4.74 Å². The van der Waals surface area contributed by atoms with Crippen LogP contribution in [0.2, 0.25) is 0 Å². The smallest absolute Gasteiger partial charge is 0.296 e. The maximum absolute atomic E-state index is 11.0. The number of nitro groups is 1. The molecule has 1 unspecified atom stereocenters. The minimum absolute atomic E-state index is 0.0207. The number of nitrogens with zero attached hydrogens (tertiary/aromatic N) is 1. The van der Waals surface area contributed by atoms with E-state index in [-0.39, 0.29) is 11.8 Å². The molecule has 18 heavy (non-hydrogen) atoms. The largest absolute Gasteiger partial charge is 0.496 e. The molecule has 1 aromatic carbocycles. The molecular weight excluding hydrogens is 236 g/mol. The Morgan fingerprint density at radius 1 is 1.61 bits per heavy atom. The van der Waals surface area contributed by atoms with Crippen LogP contribution >= 0.6 is 0 Å². The molecule has 1 aromatic rings. The van der Waals surface area contributed by atoms with Gasteiger partial charge in [-0.3, -0.25) is 10.1 Å². The summed E-state index contributed by atoms with van der Waals surface area (Å²) in [6.07, 6.45) is 2.19. The van der Waals surface area contributed by atoms with E-state index in [2.05, 4.69) is 5.32 Å². The van der Waals surface area contributed by atoms with E-state index in [1.165, 1.54) is 13.2 Å². The van der Waals surface area contributed by atoms with Crippen LogP contribution in [0, 0.1) is 10.1 Å². The molecule has 0 aromatic heterocycles. The first-order chi connectivity index (χ1) is 8.70. The van der Waals surface area contributed by atoms with Gasteiger partial charge in [0.1, 0.15) is 11.4 Å². The Morgan fingerprint density at radius 2 is 2.44 bits per heavy atom. The van der Waals surface area contributed by atoms with E-state index < -0.39 is 4.92 Å². The number of nitro benzene ring substituents is 1. The summed E-state index contributed by atoms with van der Waals surface area (Å²) < 4.78 is 10.4. The predicted molar refractivity (Wildman–Crippen MR) is 67.1 cm³/mol. The Kier molecular flexibility index (Phi) is 3.99. The first kappa shape index (κ1) is 12.6. The topological polar surface area (TPSA) is 73.6 Å². The lowest BCUT2D eigenvalue weighted by atomic mass is 10.2. The van der Waals surface area contributed by atoms with Crippen LogP contribution < -0.4 is 10.1 Å². The van der Waals surface area contributed by atoms with E-state index in [0.29, 0.717) is 18.0 Å². The maximum Gasteiger partial charge on any atom is 0.296 e. The zero-order valence-electron chi connectivity index (χ0n) is 10.2. The Morgan fingerprint density at radius 3 is 3.06 bits per heavy atom. The molecule has 1 atom stereocenters. The third kappa shape index (κ3) is 2.89. The zero-order valence-corrected chi connectivity index (χ0v) is 10.2. The van der Waals surface area contributed by atoms with Crippen molar-refractivity contribution >= 4 is 11.4 Å². The Hall–Kier alpha value is -1.82. The van der Waals surface area contributed by atoms with E-state index in [1.54, 1.807) is 12.1 Å². The number of rotatable bonds is 5. The van der Waals surface area contributed by atoms with E-state index in [1.807, 2.05) is 0 Å². The van der Waals surface area contributed by atoms with Crippen molar-refractivity contribution in [1.29, 1.82) is 0 Å². The van der Waals surface area contributed by atoms with Gasteiger partial charge in [0.25, 0.3) is 5.69 Å². The van der Waals surface area contributed by atoms with Gasteiger partial charge in [0.2, 0.25) is 0 Å². The minimum atomic E-state index is -0.416. The van der Waals surface area contributed by atoms with Gasteiger partial charge >= 0.3 is 0 Å². The van der Waals surface area contributed by atoms with E-state index >= 15 is 0 Å². The van der Waals surface area contributed by atoms with Gasteiger partial charge in [0.05, 0.1) is 24.2 Å². The first-order valence-electron chi connectivity index (χ1n) is 5.88. The number of methoxy groups -OCH3 is 1. The molecule has 0 radical (unpaired) electrons. The quantitative estimate of drug-likeness (QED) is 0.642. The van der Waals surface area contributed by atoms with E-state index in [9.17, 15) is 10.1 Å². The summed E-state index contributed by atoms with van der Waals surface area (Å²) in [6, 6.07) is 4.77. The second-order valence-electron chi connectivity index (χ2n) is 4.16. The summed E-state index contributed by atoms with van der Waals surface area (Å²) in [5, 5.41) is 14.0. The first-order valence-corrected chi connectivity index (χ1v) is 5.88. The normalized spacial score (nSPS) is 18.6. The number of hydrogen-bond donors (Lipinski definition) is 1. The minimum Gasteiger partial charge on any atom is -0.496 e. The van der Waals surface area contributed by atoms with Gasteiger partial charge in [0.15, 0.2) is 0 Å². The summed E-state index contributed by atoms with van der Waals surface area (Å²) in [5.41, 5.74) is 0.517. The highest BCUT2D eigenvalue weighted by Gasteiger charge is 2.19. The van der Waals surface area contributed by atoms with E-state index in [0.717, 1.165) is 19.4 Å². The van der Waals surface area contributed by atoms with Gasteiger partial charge in [-0.25, -0.2) is 0 Å². The molecule has 0 bridgehead atoms. The number of hydrogen-bond acceptors (Lipinski definition) is 5.